The molecule has 5 nitrogen and oxygen atoms in total. The first-order chi connectivity index (χ1) is 11.5. The van der Waals surface area contributed by atoms with E-state index in [0.717, 1.165) is 5.56 Å². The highest BCUT2D eigenvalue weighted by molar-refractivity contribution is 7.89. The van der Waals surface area contributed by atoms with Crippen molar-refractivity contribution in [3.05, 3.63) is 60.2 Å². The van der Waals surface area contributed by atoms with Gasteiger partial charge in [0.1, 0.15) is 10.7 Å². The van der Waals surface area contributed by atoms with Gasteiger partial charge >= 0.3 is 0 Å². The van der Waals surface area contributed by atoms with Gasteiger partial charge in [-0.25, -0.2) is 12.8 Å². The Morgan fingerprint density at radius 2 is 1.75 bits per heavy atom. The number of aromatic nitrogens is 1. The van der Waals surface area contributed by atoms with Gasteiger partial charge in [0, 0.05) is 44.6 Å². The summed E-state index contributed by atoms with van der Waals surface area (Å²) < 4.78 is 39.7. The van der Waals surface area contributed by atoms with Crippen LogP contribution in [-0.4, -0.2) is 48.8 Å². The minimum Gasteiger partial charge on any atom is -0.294 e. The Morgan fingerprint density at radius 3 is 2.33 bits per heavy atom. The molecule has 1 saturated heterocycles. The van der Waals surface area contributed by atoms with E-state index in [1.165, 1.54) is 22.6 Å². The number of pyridine rings is 1. The normalized spacial score (nSPS) is 18.4. The van der Waals surface area contributed by atoms with Crippen molar-refractivity contribution in [3.8, 4) is 0 Å². The molecule has 2 aromatic rings. The molecule has 1 aliphatic rings. The highest BCUT2D eigenvalue weighted by Gasteiger charge is 2.30. The molecule has 0 bridgehead atoms. The summed E-state index contributed by atoms with van der Waals surface area (Å²) in [6.45, 7) is 4.19. The predicted molar refractivity (Wildman–Crippen MR) is 89.4 cm³/mol. The van der Waals surface area contributed by atoms with Crippen LogP contribution < -0.4 is 0 Å². The summed E-state index contributed by atoms with van der Waals surface area (Å²) in [7, 11) is -3.49. The Hall–Kier alpha value is -1.83. The first kappa shape index (κ1) is 17.0. The zero-order chi connectivity index (χ0) is 17.2. The molecule has 24 heavy (non-hydrogen) atoms. The summed E-state index contributed by atoms with van der Waals surface area (Å²) in [4.78, 5) is 6.33. The molecule has 0 amide bonds. The molecule has 1 atom stereocenters. The van der Waals surface area contributed by atoms with Gasteiger partial charge in [0.15, 0.2) is 0 Å². The summed E-state index contributed by atoms with van der Waals surface area (Å²) in [5.74, 6) is -0.252. The molecule has 0 N–H and O–H groups in total. The molecule has 0 aliphatic carbocycles. The number of hydrogen-bond donors (Lipinski definition) is 0. The van der Waals surface area contributed by atoms with Crippen LogP contribution in [0.3, 0.4) is 0 Å². The molecule has 1 unspecified atom stereocenters. The molecule has 0 radical (unpaired) electrons. The summed E-state index contributed by atoms with van der Waals surface area (Å²) in [6, 6.07) is 9.77. The number of hydrogen-bond acceptors (Lipinski definition) is 4. The van der Waals surface area contributed by atoms with Crippen LogP contribution in [0.1, 0.15) is 18.5 Å². The second kappa shape index (κ2) is 6.96. The van der Waals surface area contributed by atoms with Crippen molar-refractivity contribution in [2.45, 2.75) is 17.9 Å². The van der Waals surface area contributed by atoms with E-state index in [0.29, 0.717) is 26.2 Å². The quantitative estimate of drug-likeness (QED) is 0.850. The van der Waals surface area contributed by atoms with Crippen LogP contribution in [0.4, 0.5) is 4.39 Å². The molecule has 1 aromatic carbocycles. The summed E-state index contributed by atoms with van der Waals surface area (Å²) >= 11 is 0. The zero-order valence-corrected chi connectivity index (χ0v) is 14.3. The Morgan fingerprint density at radius 1 is 1.08 bits per heavy atom. The van der Waals surface area contributed by atoms with Crippen molar-refractivity contribution in [1.82, 2.24) is 14.2 Å². The van der Waals surface area contributed by atoms with E-state index in [1.54, 1.807) is 30.5 Å². The van der Waals surface area contributed by atoms with Crippen LogP contribution in [0.5, 0.6) is 0 Å². The van der Waals surface area contributed by atoms with Crippen LogP contribution in [0.15, 0.2) is 53.7 Å². The molecule has 7 heteroatoms. The van der Waals surface area contributed by atoms with Crippen molar-refractivity contribution in [2.75, 3.05) is 26.2 Å². The van der Waals surface area contributed by atoms with E-state index in [1.807, 2.05) is 0 Å². The lowest BCUT2D eigenvalue weighted by Crippen LogP contribution is -2.49. The van der Waals surface area contributed by atoms with Crippen LogP contribution >= 0.6 is 0 Å². The Labute approximate surface area is 141 Å². The van der Waals surface area contributed by atoms with Crippen molar-refractivity contribution in [2.24, 2.45) is 0 Å². The minimum absolute atomic E-state index is 0.119. The third-order valence-corrected chi connectivity index (χ3v) is 6.33. The van der Waals surface area contributed by atoms with Gasteiger partial charge in [0.25, 0.3) is 0 Å². The number of rotatable bonds is 4. The first-order valence-corrected chi connectivity index (χ1v) is 9.32. The first-order valence-electron chi connectivity index (χ1n) is 7.88. The maximum absolute atomic E-state index is 13.0. The van der Waals surface area contributed by atoms with E-state index in [-0.39, 0.29) is 16.8 Å². The average molecular weight is 349 g/mol. The van der Waals surface area contributed by atoms with Crippen LogP contribution in [0.2, 0.25) is 0 Å². The Bertz CT molecular complexity index is 773. The molecule has 128 valence electrons. The molecular formula is C17H20FN3O2S. The van der Waals surface area contributed by atoms with Gasteiger partial charge in [-0.3, -0.25) is 9.88 Å². The summed E-state index contributed by atoms with van der Waals surface area (Å²) in [6.07, 6.45) is 2.93. The third kappa shape index (κ3) is 3.48. The van der Waals surface area contributed by atoms with Gasteiger partial charge in [-0.2, -0.15) is 4.31 Å². The second-order valence-corrected chi connectivity index (χ2v) is 7.79. The molecule has 0 spiro atoms. The maximum atomic E-state index is 13.0. The van der Waals surface area contributed by atoms with Gasteiger partial charge in [-0.05, 0) is 36.8 Å². The number of halogens is 1. The molecule has 1 aromatic heterocycles. The molecule has 2 heterocycles. The van der Waals surface area contributed by atoms with Gasteiger partial charge < -0.3 is 0 Å². The van der Waals surface area contributed by atoms with Gasteiger partial charge in [-0.1, -0.05) is 12.1 Å². The largest absolute Gasteiger partial charge is 0.294 e. The highest BCUT2D eigenvalue weighted by Crippen LogP contribution is 2.24. The molecule has 3 rings (SSSR count). The van der Waals surface area contributed by atoms with Crippen molar-refractivity contribution < 1.29 is 12.8 Å². The standard InChI is InChI=1S/C17H20FN3O2S/c1-14(15-4-6-16(18)7-5-15)20-9-11-21(12-10-20)24(22,23)17-3-2-8-19-13-17/h2-8,13-14H,9-12H2,1H3. The summed E-state index contributed by atoms with van der Waals surface area (Å²) in [5.41, 5.74) is 1.03. The fourth-order valence-corrected chi connectivity index (χ4v) is 4.32. The number of nitrogens with zero attached hydrogens (tertiary/aromatic N) is 3. The van der Waals surface area contributed by atoms with Gasteiger partial charge in [-0.15, -0.1) is 0 Å². The van der Waals surface area contributed by atoms with Crippen molar-refractivity contribution >= 4 is 10.0 Å². The van der Waals surface area contributed by atoms with Gasteiger partial charge in [0.2, 0.25) is 10.0 Å². The van der Waals surface area contributed by atoms with E-state index in [4.69, 9.17) is 0 Å². The smallest absolute Gasteiger partial charge is 0.244 e. The van der Waals surface area contributed by atoms with Crippen LogP contribution in [-0.2, 0) is 10.0 Å². The fraction of sp³-hybridized carbons (Fsp3) is 0.353. The lowest BCUT2D eigenvalue weighted by atomic mass is 10.1. The monoisotopic (exact) mass is 349 g/mol. The molecular weight excluding hydrogens is 329 g/mol. The molecule has 1 fully saturated rings. The fourth-order valence-electron chi connectivity index (χ4n) is 2.93. The van der Waals surface area contributed by atoms with Crippen LogP contribution in [0, 0.1) is 5.82 Å². The summed E-state index contributed by atoms with van der Waals surface area (Å²) in [5, 5.41) is 0. The number of benzene rings is 1. The lowest BCUT2D eigenvalue weighted by Gasteiger charge is -2.37. The topological polar surface area (TPSA) is 53.5 Å². The molecule has 1 aliphatic heterocycles. The van der Waals surface area contributed by atoms with Crippen molar-refractivity contribution in [1.29, 1.82) is 0 Å². The van der Waals surface area contributed by atoms with E-state index < -0.39 is 10.0 Å². The Kier molecular flexibility index (Phi) is 4.93. The van der Waals surface area contributed by atoms with Crippen molar-refractivity contribution in [3.63, 3.8) is 0 Å². The molecule has 0 saturated carbocycles. The lowest BCUT2D eigenvalue weighted by molar-refractivity contribution is 0.146. The second-order valence-electron chi connectivity index (χ2n) is 5.86. The average Bonchev–Trinajstić information content (AvgIpc) is 2.62. The van der Waals surface area contributed by atoms with E-state index in [2.05, 4.69) is 16.8 Å². The minimum atomic E-state index is -3.49. The van der Waals surface area contributed by atoms with E-state index >= 15 is 0 Å². The highest BCUT2D eigenvalue weighted by atomic mass is 32.2. The number of piperazine rings is 1. The van der Waals surface area contributed by atoms with Crippen LogP contribution in [0.25, 0.3) is 0 Å². The maximum Gasteiger partial charge on any atom is 0.244 e. The zero-order valence-electron chi connectivity index (χ0n) is 13.5. The number of sulfonamides is 1. The van der Waals surface area contributed by atoms with Gasteiger partial charge in [0.05, 0.1) is 0 Å². The third-order valence-electron chi connectivity index (χ3n) is 4.45. The predicted octanol–water partition coefficient (Wildman–Crippen LogP) is 2.29. The Balaban J connectivity index is 1.66. The SMILES string of the molecule is CC(c1ccc(F)cc1)N1CCN(S(=O)(=O)c2cccnc2)CC1. The van der Waals surface area contributed by atoms with E-state index in [9.17, 15) is 12.8 Å².